The molecule has 3 atom stereocenters. The van der Waals surface area contributed by atoms with Gasteiger partial charge in [-0.15, -0.1) is 0 Å². The van der Waals surface area contributed by atoms with Crippen molar-refractivity contribution < 1.29 is 0 Å². The Hall–Kier alpha value is -1.09. The van der Waals surface area contributed by atoms with Crippen molar-refractivity contribution >= 4 is 0 Å². The summed E-state index contributed by atoms with van der Waals surface area (Å²) in [5, 5.41) is 0. The van der Waals surface area contributed by atoms with E-state index in [9.17, 15) is 4.79 Å². The highest BCUT2D eigenvalue weighted by molar-refractivity contribution is 5.20. The molecule has 4 heterocycles. The zero-order chi connectivity index (χ0) is 12.1. The van der Waals surface area contributed by atoms with E-state index in [0.717, 1.165) is 6.54 Å². The molecule has 3 nitrogen and oxygen atoms in total. The van der Waals surface area contributed by atoms with Gasteiger partial charge in [0.2, 0.25) is 0 Å². The molecule has 1 aromatic rings. The molecular weight excluding hydrogens is 224 g/mol. The molecule has 2 saturated heterocycles. The number of piperidine rings is 2. The second-order valence-corrected chi connectivity index (χ2v) is 6.08. The minimum absolute atomic E-state index is 0.202. The molecule has 2 fully saturated rings. The average molecular weight is 244 g/mol. The third-order valence-corrected chi connectivity index (χ3v) is 5.18. The van der Waals surface area contributed by atoms with Crippen LogP contribution in [0.1, 0.15) is 37.3 Å². The first-order valence-electron chi connectivity index (χ1n) is 7.28. The molecule has 0 unspecified atom stereocenters. The summed E-state index contributed by atoms with van der Waals surface area (Å²) in [5.41, 5.74) is 1.50. The SMILES string of the molecule is O=c1cccc2n1C[C@@H]1CCCN3CCC[C@H]2[C@H]13. The van der Waals surface area contributed by atoms with Crippen LogP contribution in [0, 0.1) is 5.92 Å². The third kappa shape index (κ3) is 1.43. The van der Waals surface area contributed by atoms with Crippen molar-refractivity contribution in [3.8, 4) is 0 Å². The zero-order valence-corrected chi connectivity index (χ0v) is 10.7. The van der Waals surface area contributed by atoms with Gasteiger partial charge in [0.05, 0.1) is 0 Å². The number of hydrogen-bond acceptors (Lipinski definition) is 2. The van der Waals surface area contributed by atoms with Crippen LogP contribution >= 0.6 is 0 Å². The Balaban J connectivity index is 1.84. The Bertz CT molecular complexity index is 519. The Labute approximate surface area is 107 Å². The first kappa shape index (κ1) is 10.8. The molecule has 3 heteroatoms. The van der Waals surface area contributed by atoms with Gasteiger partial charge in [-0.25, -0.2) is 0 Å². The highest BCUT2D eigenvalue weighted by Gasteiger charge is 2.43. The molecule has 0 spiro atoms. The van der Waals surface area contributed by atoms with Crippen molar-refractivity contribution in [2.45, 2.75) is 44.2 Å². The van der Waals surface area contributed by atoms with Gasteiger partial charge in [-0.1, -0.05) is 6.07 Å². The highest BCUT2D eigenvalue weighted by atomic mass is 16.1. The van der Waals surface area contributed by atoms with Crippen molar-refractivity contribution in [1.82, 2.24) is 9.47 Å². The molecule has 96 valence electrons. The summed E-state index contributed by atoms with van der Waals surface area (Å²) in [6.07, 6.45) is 5.17. The molecule has 0 amide bonds. The number of hydrogen-bond donors (Lipinski definition) is 0. The molecule has 3 aliphatic heterocycles. The summed E-state index contributed by atoms with van der Waals surface area (Å²) >= 11 is 0. The van der Waals surface area contributed by atoms with E-state index in [-0.39, 0.29) is 5.56 Å². The minimum Gasteiger partial charge on any atom is -0.312 e. The van der Waals surface area contributed by atoms with E-state index < -0.39 is 0 Å². The average Bonchev–Trinajstić information content (AvgIpc) is 2.41. The number of rotatable bonds is 0. The second-order valence-electron chi connectivity index (χ2n) is 6.08. The van der Waals surface area contributed by atoms with Crippen LogP contribution in [0.2, 0.25) is 0 Å². The third-order valence-electron chi connectivity index (χ3n) is 5.18. The molecule has 0 radical (unpaired) electrons. The van der Waals surface area contributed by atoms with Crippen molar-refractivity contribution in [2.24, 2.45) is 5.92 Å². The summed E-state index contributed by atoms with van der Waals surface area (Å²) in [4.78, 5) is 14.7. The Kier molecular flexibility index (Phi) is 2.37. The van der Waals surface area contributed by atoms with Gasteiger partial charge in [0.15, 0.2) is 0 Å². The van der Waals surface area contributed by atoms with E-state index in [0.29, 0.717) is 17.9 Å². The maximum atomic E-state index is 12.0. The monoisotopic (exact) mass is 244 g/mol. The maximum absolute atomic E-state index is 12.0. The second kappa shape index (κ2) is 3.95. The Morgan fingerprint density at radius 2 is 1.94 bits per heavy atom. The van der Waals surface area contributed by atoms with Gasteiger partial charge < -0.3 is 4.57 Å². The largest absolute Gasteiger partial charge is 0.312 e. The maximum Gasteiger partial charge on any atom is 0.250 e. The molecule has 18 heavy (non-hydrogen) atoms. The topological polar surface area (TPSA) is 25.2 Å². The number of aromatic nitrogens is 1. The lowest BCUT2D eigenvalue weighted by molar-refractivity contribution is 0.0180. The predicted octanol–water partition coefficient (Wildman–Crippen LogP) is 1.82. The van der Waals surface area contributed by atoms with Gasteiger partial charge in [-0.2, -0.15) is 0 Å². The van der Waals surface area contributed by atoms with Gasteiger partial charge in [-0.3, -0.25) is 9.69 Å². The smallest absolute Gasteiger partial charge is 0.250 e. The molecule has 3 aliphatic rings. The Morgan fingerprint density at radius 3 is 2.83 bits per heavy atom. The van der Waals surface area contributed by atoms with Crippen molar-refractivity contribution in [3.63, 3.8) is 0 Å². The lowest BCUT2D eigenvalue weighted by atomic mass is 9.73. The van der Waals surface area contributed by atoms with E-state index in [1.54, 1.807) is 6.07 Å². The van der Waals surface area contributed by atoms with E-state index in [4.69, 9.17) is 0 Å². The van der Waals surface area contributed by atoms with Gasteiger partial charge in [0, 0.05) is 30.3 Å². The number of fused-ring (bicyclic) bond motifs is 2. The van der Waals surface area contributed by atoms with Crippen LogP contribution < -0.4 is 5.56 Å². The van der Waals surface area contributed by atoms with Crippen LogP contribution in [0.25, 0.3) is 0 Å². The molecule has 0 aromatic carbocycles. The molecule has 0 saturated carbocycles. The fourth-order valence-electron chi connectivity index (χ4n) is 4.52. The first-order chi connectivity index (χ1) is 8.84. The van der Waals surface area contributed by atoms with Gasteiger partial charge in [-0.05, 0) is 50.8 Å². The highest BCUT2D eigenvalue weighted by Crippen LogP contribution is 2.43. The fourth-order valence-corrected chi connectivity index (χ4v) is 4.52. The Morgan fingerprint density at radius 1 is 1.11 bits per heavy atom. The quantitative estimate of drug-likeness (QED) is 0.695. The summed E-state index contributed by atoms with van der Waals surface area (Å²) in [6.45, 7) is 3.50. The van der Waals surface area contributed by atoms with Crippen molar-refractivity contribution in [1.29, 1.82) is 0 Å². The molecule has 0 aliphatic carbocycles. The molecular formula is C15H20N2O. The van der Waals surface area contributed by atoms with Gasteiger partial charge >= 0.3 is 0 Å². The van der Waals surface area contributed by atoms with Crippen molar-refractivity contribution in [2.75, 3.05) is 13.1 Å². The van der Waals surface area contributed by atoms with E-state index >= 15 is 0 Å². The fraction of sp³-hybridized carbons (Fsp3) is 0.667. The lowest BCUT2D eigenvalue weighted by Crippen LogP contribution is -2.56. The molecule has 4 rings (SSSR count). The van der Waals surface area contributed by atoms with Crippen LogP contribution in [0.4, 0.5) is 0 Å². The van der Waals surface area contributed by atoms with E-state index in [2.05, 4.69) is 15.5 Å². The summed E-state index contributed by atoms with van der Waals surface area (Å²) in [6, 6.07) is 6.55. The zero-order valence-electron chi connectivity index (χ0n) is 10.7. The van der Waals surface area contributed by atoms with Gasteiger partial charge in [0.25, 0.3) is 5.56 Å². The standard InChI is InChI=1S/C15H20N2O/c18-14-7-1-6-13-12-5-3-9-16-8-2-4-11(15(12)16)10-17(13)14/h1,6-7,11-12,15H,2-5,8-10H2/t11-,12+,15-/m0/s1. The van der Waals surface area contributed by atoms with E-state index in [1.165, 1.54) is 44.5 Å². The lowest BCUT2D eigenvalue weighted by Gasteiger charge is -2.52. The number of pyridine rings is 1. The van der Waals surface area contributed by atoms with Crippen LogP contribution in [-0.4, -0.2) is 28.6 Å². The molecule has 0 bridgehead atoms. The summed E-state index contributed by atoms with van der Waals surface area (Å²) in [5.74, 6) is 1.31. The van der Waals surface area contributed by atoms with Gasteiger partial charge in [0.1, 0.15) is 0 Å². The molecule has 1 aromatic heterocycles. The first-order valence-corrected chi connectivity index (χ1v) is 7.28. The summed E-state index contributed by atoms with van der Waals surface area (Å²) < 4.78 is 2.06. The van der Waals surface area contributed by atoms with Crippen LogP contribution in [-0.2, 0) is 6.54 Å². The van der Waals surface area contributed by atoms with Crippen molar-refractivity contribution in [3.05, 3.63) is 34.2 Å². The minimum atomic E-state index is 0.202. The number of nitrogens with zero attached hydrogens (tertiary/aromatic N) is 2. The van der Waals surface area contributed by atoms with Crippen LogP contribution in [0.3, 0.4) is 0 Å². The molecule has 0 N–H and O–H groups in total. The van der Waals surface area contributed by atoms with Crippen LogP contribution in [0.5, 0.6) is 0 Å². The van der Waals surface area contributed by atoms with E-state index in [1.807, 2.05) is 6.07 Å². The van der Waals surface area contributed by atoms with Crippen LogP contribution in [0.15, 0.2) is 23.0 Å². The summed E-state index contributed by atoms with van der Waals surface area (Å²) in [7, 11) is 0. The normalized spacial score (nSPS) is 34.8. The predicted molar refractivity (Wildman–Crippen MR) is 70.8 cm³/mol.